The summed E-state index contributed by atoms with van der Waals surface area (Å²) in [5.41, 5.74) is 10.8. The first kappa shape index (κ1) is 27.1. The molecule has 2 aromatic heterocycles. The first-order valence-electron chi connectivity index (χ1n) is 15.2. The maximum atomic E-state index is 5.11. The lowest BCUT2D eigenvalue weighted by atomic mass is 9.89. The molecule has 0 fully saturated rings. The summed E-state index contributed by atoms with van der Waals surface area (Å²) in [4.78, 5) is 15.0. The molecule has 0 saturated carbocycles. The predicted octanol–water partition coefficient (Wildman–Crippen LogP) is 10.9. The van der Waals surface area contributed by atoms with Gasteiger partial charge in [0.05, 0.1) is 21.6 Å². The molecule has 0 aliphatic heterocycles. The molecule has 4 heteroatoms. The number of benzene rings is 5. The summed E-state index contributed by atoms with van der Waals surface area (Å²) < 4.78 is 1.19. The highest BCUT2D eigenvalue weighted by Crippen LogP contribution is 2.34. The molecule has 5 aromatic carbocycles. The number of allylic oxidation sites excluding steroid dienone is 4. The van der Waals surface area contributed by atoms with E-state index in [-0.39, 0.29) is 0 Å². The van der Waals surface area contributed by atoms with Crippen LogP contribution in [0.25, 0.3) is 60.1 Å². The average Bonchev–Trinajstić information content (AvgIpc) is 3.57. The van der Waals surface area contributed by atoms with Crippen molar-refractivity contribution in [2.45, 2.75) is 12.3 Å². The zero-order valence-corrected chi connectivity index (χ0v) is 25.4. The normalized spacial score (nSPS) is 14.4. The molecular weight excluding hydrogens is 567 g/mol. The van der Waals surface area contributed by atoms with Crippen LogP contribution in [0.3, 0.4) is 0 Å². The molecule has 1 atom stereocenters. The summed E-state index contributed by atoms with van der Waals surface area (Å²) in [6.45, 7) is 0. The highest BCUT2D eigenvalue weighted by Gasteiger charge is 2.16. The van der Waals surface area contributed by atoms with Crippen molar-refractivity contribution in [1.82, 2.24) is 15.0 Å². The molecule has 2 heterocycles. The molecule has 45 heavy (non-hydrogen) atoms. The highest BCUT2D eigenvalue weighted by molar-refractivity contribution is 7.21. The fraction of sp³-hybridized carbons (Fsp3) is 0.0488. The van der Waals surface area contributed by atoms with E-state index in [1.807, 2.05) is 12.1 Å². The topological polar surface area (TPSA) is 38.7 Å². The lowest BCUT2D eigenvalue weighted by Crippen LogP contribution is -2.02. The van der Waals surface area contributed by atoms with Gasteiger partial charge in [-0.05, 0) is 46.9 Å². The second-order valence-electron chi connectivity index (χ2n) is 11.2. The van der Waals surface area contributed by atoms with Crippen LogP contribution in [0.2, 0.25) is 0 Å². The van der Waals surface area contributed by atoms with Crippen LogP contribution in [-0.4, -0.2) is 15.0 Å². The van der Waals surface area contributed by atoms with E-state index < -0.39 is 0 Å². The van der Waals surface area contributed by atoms with E-state index in [9.17, 15) is 0 Å². The number of para-hydroxylation sites is 1. The zero-order valence-electron chi connectivity index (χ0n) is 24.5. The number of fused-ring (bicyclic) bond motifs is 1. The van der Waals surface area contributed by atoms with E-state index in [1.54, 1.807) is 11.3 Å². The van der Waals surface area contributed by atoms with Crippen molar-refractivity contribution in [2.24, 2.45) is 0 Å². The third-order valence-electron chi connectivity index (χ3n) is 8.32. The molecule has 214 valence electrons. The van der Waals surface area contributed by atoms with Gasteiger partial charge in [0, 0.05) is 22.6 Å². The molecule has 7 aromatic rings. The molecule has 1 aliphatic carbocycles. The molecule has 0 N–H and O–H groups in total. The third kappa shape index (κ3) is 5.64. The minimum absolute atomic E-state index is 0.372. The summed E-state index contributed by atoms with van der Waals surface area (Å²) in [5, 5.41) is 1.02. The molecule has 8 rings (SSSR count). The summed E-state index contributed by atoms with van der Waals surface area (Å²) >= 11 is 1.71. The fourth-order valence-corrected chi connectivity index (χ4v) is 6.82. The first-order chi connectivity index (χ1) is 22.3. The van der Waals surface area contributed by atoms with E-state index in [1.165, 1.54) is 21.4 Å². The van der Waals surface area contributed by atoms with Crippen molar-refractivity contribution < 1.29 is 0 Å². The van der Waals surface area contributed by atoms with Crippen LogP contribution in [0.15, 0.2) is 158 Å². The number of aromatic nitrogens is 3. The van der Waals surface area contributed by atoms with E-state index >= 15 is 0 Å². The van der Waals surface area contributed by atoms with E-state index in [4.69, 9.17) is 15.0 Å². The van der Waals surface area contributed by atoms with Crippen molar-refractivity contribution >= 4 is 27.1 Å². The molecule has 0 saturated heterocycles. The van der Waals surface area contributed by atoms with Crippen molar-refractivity contribution in [3.05, 3.63) is 169 Å². The number of thiazole rings is 1. The second-order valence-corrected chi connectivity index (χ2v) is 12.3. The lowest BCUT2D eigenvalue weighted by molar-refractivity contribution is 0.855. The highest BCUT2D eigenvalue weighted by atomic mass is 32.1. The van der Waals surface area contributed by atoms with Gasteiger partial charge in [0.25, 0.3) is 0 Å². The number of hydrogen-bond acceptors (Lipinski definition) is 4. The second kappa shape index (κ2) is 11.9. The van der Waals surface area contributed by atoms with Gasteiger partial charge in [-0.2, -0.15) is 0 Å². The van der Waals surface area contributed by atoms with Crippen LogP contribution < -0.4 is 0 Å². The van der Waals surface area contributed by atoms with Crippen molar-refractivity contribution in [3.8, 4) is 44.3 Å². The van der Waals surface area contributed by atoms with Crippen LogP contribution in [0.4, 0.5) is 0 Å². The maximum absolute atomic E-state index is 5.11. The van der Waals surface area contributed by atoms with Gasteiger partial charge in [-0.15, -0.1) is 11.3 Å². The monoisotopic (exact) mass is 595 g/mol. The Morgan fingerprint density at radius 3 is 1.89 bits per heavy atom. The first-order valence-corrected chi connectivity index (χ1v) is 16.0. The van der Waals surface area contributed by atoms with Gasteiger partial charge in [0.2, 0.25) is 0 Å². The maximum Gasteiger partial charge on any atom is 0.160 e. The average molecular weight is 596 g/mol. The quantitative estimate of drug-likeness (QED) is 0.192. The summed E-state index contributed by atoms with van der Waals surface area (Å²) in [6, 6.07) is 48.7. The number of nitrogens with zero attached hydrogens (tertiary/aromatic N) is 3. The van der Waals surface area contributed by atoms with Crippen LogP contribution in [0, 0.1) is 0 Å². The van der Waals surface area contributed by atoms with Crippen LogP contribution in [0.1, 0.15) is 23.6 Å². The van der Waals surface area contributed by atoms with Gasteiger partial charge in [0.1, 0.15) is 5.01 Å². The minimum Gasteiger partial charge on any atom is -0.236 e. The third-order valence-corrected chi connectivity index (χ3v) is 9.41. The Morgan fingerprint density at radius 2 is 1.16 bits per heavy atom. The molecule has 0 radical (unpaired) electrons. The molecule has 0 spiro atoms. The van der Waals surface area contributed by atoms with Crippen molar-refractivity contribution in [2.75, 3.05) is 0 Å². The summed E-state index contributed by atoms with van der Waals surface area (Å²) in [5.74, 6) is 1.08. The molecule has 0 amide bonds. The van der Waals surface area contributed by atoms with Gasteiger partial charge in [-0.3, -0.25) is 0 Å². The zero-order chi connectivity index (χ0) is 30.0. The van der Waals surface area contributed by atoms with Gasteiger partial charge >= 0.3 is 0 Å². The van der Waals surface area contributed by atoms with Gasteiger partial charge in [-0.25, -0.2) is 15.0 Å². The van der Waals surface area contributed by atoms with Gasteiger partial charge in [-0.1, -0.05) is 140 Å². The number of rotatable bonds is 6. The Kier molecular flexibility index (Phi) is 7.18. The Morgan fingerprint density at radius 1 is 0.533 bits per heavy atom. The molecule has 1 unspecified atom stereocenters. The molecular formula is C41H29N3S. The standard InChI is InChI=1S/C41H29N3S/c1-3-9-28(10-4-1)30-15-19-32(20-16-30)37-27-38(33-21-17-31(18-22-33)29-11-5-2-6-12-29)43-40(42-37)34-23-25-35(26-24-34)41-44-36-13-7-8-14-39(36)45-41/h1-17,19-27,31H,18H2. The fourth-order valence-electron chi connectivity index (χ4n) is 5.85. The molecule has 1 aliphatic rings. The predicted molar refractivity (Wildman–Crippen MR) is 188 cm³/mol. The Hall–Kier alpha value is -5.45. The van der Waals surface area contributed by atoms with Crippen molar-refractivity contribution in [3.63, 3.8) is 0 Å². The lowest BCUT2D eigenvalue weighted by Gasteiger charge is -2.17. The van der Waals surface area contributed by atoms with E-state index in [0.29, 0.717) is 11.7 Å². The minimum atomic E-state index is 0.372. The Labute approximate surface area is 267 Å². The van der Waals surface area contributed by atoms with E-state index in [2.05, 4.69) is 146 Å². The van der Waals surface area contributed by atoms with Crippen LogP contribution in [0.5, 0.6) is 0 Å². The van der Waals surface area contributed by atoms with Crippen LogP contribution >= 0.6 is 11.3 Å². The SMILES string of the molecule is C1=CC(c2ccccc2)CC=C1c1cc(-c2ccc(-c3ccccc3)cc2)nc(-c2ccc(-c3nc4ccccc4s3)cc2)n1. The Balaban J connectivity index is 1.15. The van der Waals surface area contributed by atoms with E-state index in [0.717, 1.165) is 50.6 Å². The van der Waals surface area contributed by atoms with Crippen molar-refractivity contribution in [1.29, 1.82) is 0 Å². The van der Waals surface area contributed by atoms with Crippen LogP contribution in [-0.2, 0) is 0 Å². The largest absolute Gasteiger partial charge is 0.236 e. The summed E-state index contributed by atoms with van der Waals surface area (Å²) in [7, 11) is 0. The Bertz CT molecular complexity index is 2130. The van der Waals surface area contributed by atoms with Gasteiger partial charge in [0.15, 0.2) is 5.82 Å². The van der Waals surface area contributed by atoms with Gasteiger partial charge < -0.3 is 0 Å². The molecule has 0 bridgehead atoms. The number of hydrogen-bond donors (Lipinski definition) is 0. The smallest absolute Gasteiger partial charge is 0.160 e. The summed E-state index contributed by atoms with van der Waals surface area (Å²) in [6.07, 6.45) is 7.76. The molecule has 3 nitrogen and oxygen atoms in total.